The third-order valence-corrected chi connectivity index (χ3v) is 11.0. The second kappa shape index (κ2) is 6.22. The van der Waals surface area contributed by atoms with Gasteiger partial charge in [0.2, 0.25) is 0 Å². The monoisotopic (exact) mass is 421 g/mol. The van der Waals surface area contributed by atoms with E-state index in [9.17, 15) is 9.90 Å². The summed E-state index contributed by atoms with van der Waals surface area (Å²) >= 11 is 0. The molecule has 0 aromatic carbocycles. The number of carbonyl (C=O) groups excluding carboxylic acids is 1. The summed E-state index contributed by atoms with van der Waals surface area (Å²) in [5.74, 6) is 2.68. The van der Waals surface area contributed by atoms with E-state index in [0.717, 1.165) is 31.1 Å². The highest BCUT2D eigenvalue weighted by Crippen LogP contribution is 2.83. The number of hydrogen-bond acceptors (Lipinski definition) is 4. The smallest absolute Gasteiger partial charge is 0.162 e. The summed E-state index contributed by atoms with van der Waals surface area (Å²) in [6.45, 7) is 4.76. The van der Waals surface area contributed by atoms with Crippen molar-refractivity contribution in [3.63, 3.8) is 0 Å². The Morgan fingerprint density at radius 1 is 1.16 bits per heavy atom. The summed E-state index contributed by atoms with van der Waals surface area (Å²) in [6, 6.07) is 3.73. The van der Waals surface area contributed by atoms with E-state index in [1.54, 1.807) is 16.9 Å². The number of nitriles is 1. The molecule has 6 rings (SSSR count). The Kier molecular flexibility index (Phi) is 4.01. The second-order valence-electron chi connectivity index (χ2n) is 12.4. The van der Waals surface area contributed by atoms with E-state index < -0.39 is 5.60 Å². The van der Waals surface area contributed by atoms with Crippen molar-refractivity contribution < 1.29 is 9.90 Å². The molecule has 5 saturated carbocycles. The lowest BCUT2D eigenvalue weighted by Crippen LogP contribution is -2.51. The maximum absolute atomic E-state index is 13.3. The third-order valence-electron chi connectivity index (χ3n) is 11.0. The highest BCUT2D eigenvalue weighted by Gasteiger charge is 2.76. The summed E-state index contributed by atoms with van der Waals surface area (Å²) in [5.41, 5.74) is 0.971. The van der Waals surface area contributed by atoms with Crippen LogP contribution in [-0.4, -0.2) is 26.3 Å². The first-order valence-corrected chi connectivity index (χ1v) is 12.4. The van der Waals surface area contributed by atoms with Crippen molar-refractivity contribution in [1.29, 1.82) is 5.26 Å². The summed E-state index contributed by atoms with van der Waals surface area (Å²) < 4.78 is 1.65. The Labute approximate surface area is 185 Å². The van der Waals surface area contributed by atoms with Crippen LogP contribution in [0.3, 0.4) is 0 Å². The highest BCUT2D eigenvalue weighted by molar-refractivity contribution is 5.82. The number of hydrogen-bond donors (Lipinski definition) is 1. The summed E-state index contributed by atoms with van der Waals surface area (Å²) in [5, 5.41) is 24.0. The Balaban J connectivity index is 1.21. The van der Waals surface area contributed by atoms with Crippen molar-refractivity contribution in [3.8, 4) is 6.07 Å². The van der Waals surface area contributed by atoms with Gasteiger partial charge in [0.05, 0.1) is 12.1 Å². The van der Waals surface area contributed by atoms with E-state index in [-0.39, 0.29) is 11.3 Å². The number of Topliss-reactive ketones (excluding diaryl/α,β-unsaturated/α-hetero) is 1. The zero-order valence-corrected chi connectivity index (χ0v) is 18.9. The maximum Gasteiger partial charge on any atom is 0.162 e. The molecule has 8 atom stereocenters. The fraction of sp³-hybridized carbons (Fsp3) is 0.808. The van der Waals surface area contributed by atoms with Crippen molar-refractivity contribution in [1.82, 2.24) is 9.78 Å². The molecule has 0 amide bonds. The van der Waals surface area contributed by atoms with E-state index in [1.807, 2.05) is 6.07 Å². The molecule has 166 valence electrons. The lowest BCUT2D eigenvalue weighted by atomic mass is 9.48. The molecule has 0 radical (unpaired) electrons. The van der Waals surface area contributed by atoms with Crippen molar-refractivity contribution >= 4 is 5.78 Å². The van der Waals surface area contributed by atoms with Gasteiger partial charge in [0.15, 0.2) is 11.5 Å². The van der Waals surface area contributed by atoms with Crippen LogP contribution < -0.4 is 0 Å². The van der Waals surface area contributed by atoms with Gasteiger partial charge in [-0.05, 0) is 111 Å². The van der Waals surface area contributed by atoms with Gasteiger partial charge >= 0.3 is 0 Å². The van der Waals surface area contributed by atoms with Gasteiger partial charge in [-0.2, -0.15) is 10.4 Å². The minimum absolute atomic E-state index is 0.120. The molecule has 1 aromatic rings. The number of ketones is 1. The second-order valence-corrected chi connectivity index (χ2v) is 12.4. The van der Waals surface area contributed by atoms with Crippen LogP contribution in [0.2, 0.25) is 0 Å². The number of rotatable bonds is 3. The van der Waals surface area contributed by atoms with Gasteiger partial charge in [-0.15, -0.1) is 0 Å². The van der Waals surface area contributed by atoms with Gasteiger partial charge < -0.3 is 5.11 Å². The van der Waals surface area contributed by atoms with Crippen molar-refractivity contribution in [3.05, 3.63) is 18.0 Å². The normalized spacial score (nSPS) is 49.9. The van der Waals surface area contributed by atoms with E-state index in [0.29, 0.717) is 34.8 Å². The lowest BCUT2D eigenvalue weighted by Gasteiger charge is -2.56. The van der Waals surface area contributed by atoms with Crippen LogP contribution in [0, 0.1) is 51.2 Å². The Morgan fingerprint density at radius 2 is 2.00 bits per heavy atom. The highest BCUT2D eigenvalue weighted by atomic mass is 16.3. The lowest BCUT2D eigenvalue weighted by molar-refractivity contribution is -0.133. The van der Waals surface area contributed by atoms with Crippen molar-refractivity contribution in [2.24, 2.45) is 39.9 Å². The van der Waals surface area contributed by atoms with Gasteiger partial charge in [-0.25, -0.2) is 0 Å². The van der Waals surface area contributed by atoms with Gasteiger partial charge in [0.1, 0.15) is 6.07 Å². The van der Waals surface area contributed by atoms with Crippen molar-refractivity contribution in [2.75, 3.05) is 0 Å². The van der Waals surface area contributed by atoms with Crippen LogP contribution in [-0.2, 0) is 11.3 Å². The van der Waals surface area contributed by atoms with Crippen LogP contribution in [0.5, 0.6) is 0 Å². The van der Waals surface area contributed by atoms with Crippen LogP contribution >= 0.6 is 0 Å². The molecular weight excluding hydrogens is 386 g/mol. The first kappa shape index (κ1) is 20.0. The number of aliphatic hydroxyl groups is 1. The largest absolute Gasteiger partial charge is 0.390 e. The molecule has 31 heavy (non-hydrogen) atoms. The predicted octanol–water partition coefficient (Wildman–Crippen LogP) is 4.49. The average Bonchev–Trinajstić information content (AvgIpc) is 3.00. The molecule has 0 aliphatic heterocycles. The van der Waals surface area contributed by atoms with Gasteiger partial charge in [0, 0.05) is 12.1 Å². The Hall–Kier alpha value is -1.67. The Bertz CT molecular complexity index is 976. The average molecular weight is 422 g/mol. The number of nitrogens with zero attached hydrogens (tertiary/aromatic N) is 3. The molecular formula is C26H35N3O2. The van der Waals surface area contributed by atoms with E-state index >= 15 is 0 Å². The van der Waals surface area contributed by atoms with Crippen LogP contribution in [0.25, 0.3) is 0 Å². The molecule has 5 aliphatic carbocycles. The zero-order chi connectivity index (χ0) is 21.6. The molecule has 5 nitrogen and oxygen atoms in total. The predicted molar refractivity (Wildman–Crippen MR) is 116 cm³/mol. The third kappa shape index (κ3) is 2.64. The SMILES string of the molecule is C[C@@]1(O)CC[C@@]23CC2(CC[C@H]2[C@@H]4CC[C@H](C(=O)Cn5ccc(C#N)n5)[C@@]4(C)CC[C@@H]23)C1. The first-order chi connectivity index (χ1) is 14.7. The fourth-order valence-electron chi connectivity index (χ4n) is 9.72. The van der Waals surface area contributed by atoms with Crippen LogP contribution in [0.15, 0.2) is 12.3 Å². The van der Waals surface area contributed by atoms with Crippen molar-refractivity contribution in [2.45, 2.75) is 90.2 Å². The van der Waals surface area contributed by atoms with Gasteiger partial charge in [-0.3, -0.25) is 9.48 Å². The van der Waals surface area contributed by atoms with E-state index in [1.165, 1.54) is 44.9 Å². The van der Waals surface area contributed by atoms with Crippen LogP contribution in [0.1, 0.15) is 83.7 Å². The van der Waals surface area contributed by atoms with E-state index in [4.69, 9.17) is 5.26 Å². The van der Waals surface area contributed by atoms with E-state index in [2.05, 4.69) is 18.9 Å². The first-order valence-electron chi connectivity index (χ1n) is 12.4. The minimum Gasteiger partial charge on any atom is -0.390 e. The molecule has 1 N–H and O–H groups in total. The molecule has 5 aliphatic rings. The molecule has 1 unspecified atom stereocenters. The maximum atomic E-state index is 13.3. The summed E-state index contributed by atoms with van der Waals surface area (Å²) in [6.07, 6.45) is 13.5. The summed E-state index contributed by atoms with van der Waals surface area (Å²) in [4.78, 5) is 13.3. The van der Waals surface area contributed by atoms with Gasteiger partial charge in [0.25, 0.3) is 0 Å². The molecule has 0 spiro atoms. The number of carbonyl (C=O) groups is 1. The fourth-order valence-corrected chi connectivity index (χ4v) is 9.72. The molecule has 1 aromatic heterocycles. The zero-order valence-electron chi connectivity index (χ0n) is 18.9. The molecule has 0 saturated heterocycles. The minimum atomic E-state index is -0.460. The Morgan fingerprint density at radius 3 is 2.77 bits per heavy atom. The molecule has 0 bridgehead atoms. The van der Waals surface area contributed by atoms with Gasteiger partial charge in [-0.1, -0.05) is 6.92 Å². The topological polar surface area (TPSA) is 78.9 Å². The standard InChI is InChI=1S/C26H35N3O2/c1-23(31)10-11-26-16-25(26,15-23)9-5-18-19-3-4-21(24(19,2)8-6-20(18)26)22(30)14-29-12-7-17(13-27)28-29/h7,12,18-21,31H,3-6,8-11,14-16H2,1-2H3/t18-,19-,20-,21+,23+,24-,25?,26-/m0/s1. The van der Waals surface area contributed by atoms with Crippen LogP contribution in [0.4, 0.5) is 0 Å². The molecule has 5 fully saturated rings. The summed E-state index contributed by atoms with van der Waals surface area (Å²) in [7, 11) is 0. The number of fused-ring (bicyclic) bond motifs is 3. The number of aromatic nitrogens is 2. The molecule has 1 heterocycles. The molecule has 5 heteroatoms. The quantitative estimate of drug-likeness (QED) is 0.780.